The number of halogens is 1. The molecule has 2 aromatic carbocycles. The number of benzene rings is 2. The average Bonchev–Trinajstić information content (AvgIpc) is 2.70. The van der Waals surface area contributed by atoms with Crippen molar-refractivity contribution in [2.45, 2.75) is 19.4 Å². The van der Waals surface area contributed by atoms with Crippen molar-refractivity contribution in [2.24, 2.45) is 5.92 Å². The van der Waals surface area contributed by atoms with Crippen molar-refractivity contribution >= 4 is 17.6 Å². The van der Waals surface area contributed by atoms with Crippen LogP contribution < -0.4 is 5.32 Å². The van der Waals surface area contributed by atoms with Crippen LogP contribution in [-0.4, -0.2) is 37.0 Å². The zero-order chi connectivity index (χ0) is 19.2. The Morgan fingerprint density at radius 1 is 1.19 bits per heavy atom. The van der Waals surface area contributed by atoms with Gasteiger partial charge in [-0.1, -0.05) is 24.3 Å². The number of esters is 1. The Kier molecular flexibility index (Phi) is 6.19. The molecule has 1 saturated heterocycles. The van der Waals surface area contributed by atoms with Gasteiger partial charge in [-0.3, -0.25) is 9.69 Å². The fourth-order valence-corrected chi connectivity index (χ4v) is 3.38. The van der Waals surface area contributed by atoms with Gasteiger partial charge in [-0.25, -0.2) is 9.18 Å². The van der Waals surface area contributed by atoms with Gasteiger partial charge in [0.15, 0.2) is 0 Å². The van der Waals surface area contributed by atoms with Crippen LogP contribution >= 0.6 is 0 Å². The topological polar surface area (TPSA) is 58.6 Å². The number of hydrogen-bond donors (Lipinski definition) is 1. The average molecular weight is 370 g/mol. The van der Waals surface area contributed by atoms with Gasteiger partial charge in [0, 0.05) is 13.1 Å². The van der Waals surface area contributed by atoms with Gasteiger partial charge in [0.2, 0.25) is 5.91 Å². The minimum absolute atomic E-state index is 0.102. The number of anilines is 1. The molecular formula is C21H23FN2O3. The lowest BCUT2D eigenvalue weighted by Crippen LogP contribution is -2.40. The molecule has 1 atom stereocenters. The molecule has 1 aliphatic rings. The second-order valence-corrected chi connectivity index (χ2v) is 6.73. The van der Waals surface area contributed by atoms with Gasteiger partial charge in [-0.2, -0.15) is 0 Å². The van der Waals surface area contributed by atoms with Gasteiger partial charge in [-0.05, 0) is 49.2 Å². The minimum atomic E-state index is -0.479. The molecule has 0 aliphatic carbocycles. The van der Waals surface area contributed by atoms with Crippen LogP contribution in [0.15, 0.2) is 48.5 Å². The van der Waals surface area contributed by atoms with Crippen LogP contribution in [0.2, 0.25) is 0 Å². The standard InChI is InChI=1S/C21H23FN2O3/c1-27-21(26)18-6-2-3-7-19(18)23-20(25)16-5-4-12-24(14-16)13-15-8-10-17(22)11-9-15/h2-3,6-11,16H,4-5,12-14H2,1H3,(H,23,25)/t16-/m0/s1. The summed E-state index contributed by atoms with van der Waals surface area (Å²) < 4.78 is 17.8. The first-order valence-electron chi connectivity index (χ1n) is 9.02. The van der Waals surface area contributed by atoms with Crippen LogP contribution in [0.4, 0.5) is 10.1 Å². The lowest BCUT2D eigenvalue weighted by atomic mass is 9.96. The van der Waals surface area contributed by atoms with Crippen LogP contribution in [-0.2, 0) is 16.1 Å². The monoisotopic (exact) mass is 370 g/mol. The summed E-state index contributed by atoms with van der Waals surface area (Å²) in [6, 6.07) is 13.3. The van der Waals surface area contributed by atoms with E-state index in [2.05, 4.69) is 10.2 Å². The summed E-state index contributed by atoms with van der Waals surface area (Å²) in [6.45, 7) is 2.21. The maximum atomic E-state index is 13.1. The summed E-state index contributed by atoms with van der Waals surface area (Å²) in [6.07, 6.45) is 1.71. The maximum Gasteiger partial charge on any atom is 0.339 e. The van der Waals surface area contributed by atoms with Crippen molar-refractivity contribution in [1.82, 2.24) is 4.90 Å². The Balaban J connectivity index is 1.63. The second kappa shape index (κ2) is 8.77. The lowest BCUT2D eigenvalue weighted by Gasteiger charge is -2.32. The molecular weight excluding hydrogens is 347 g/mol. The number of carbonyl (C=O) groups is 2. The van der Waals surface area contributed by atoms with Crippen molar-refractivity contribution in [3.05, 3.63) is 65.5 Å². The summed E-state index contributed by atoms with van der Waals surface area (Å²) in [5, 5.41) is 2.87. The molecule has 6 heteroatoms. The molecule has 1 fully saturated rings. The number of para-hydroxylation sites is 1. The molecule has 27 heavy (non-hydrogen) atoms. The largest absolute Gasteiger partial charge is 0.465 e. The highest BCUT2D eigenvalue weighted by molar-refractivity contribution is 6.01. The Hall–Kier alpha value is -2.73. The normalized spacial score (nSPS) is 17.3. The van der Waals surface area contributed by atoms with Crippen molar-refractivity contribution in [3.8, 4) is 0 Å². The van der Waals surface area contributed by atoms with E-state index in [0.29, 0.717) is 24.3 Å². The van der Waals surface area contributed by atoms with E-state index in [9.17, 15) is 14.0 Å². The first-order valence-corrected chi connectivity index (χ1v) is 9.02. The van der Waals surface area contributed by atoms with E-state index in [4.69, 9.17) is 4.74 Å². The van der Waals surface area contributed by atoms with Crippen LogP contribution in [0.3, 0.4) is 0 Å². The number of piperidine rings is 1. The van der Waals surface area contributed by atoms with Gasteiger partial charge < -0.3 is 10.1 Å². The zero-order valence-corrected chi connectivity index (χ0v) is 15.3. The summed E-state index contributed by atoms with van der Waals surface area (Å²) in [5.41, 5.74) is 1.82. The lowest BCUT2D eigenvalue weighted by molar-refractivity contribution is -0.121. The number of ether oxygens (including phenoxy) is 1. The number of methoxy groups -OCH3 is 1. The maximum absolute atomic E-state index is 13.1. The molecule has 0 spiro atoms. The summed E-state index contributed by atoms with van der Waals surface area (Å²) >= 11 is 0. The minimum Gasteiger partial charge on any atom is -0.465 e. The first kappa shape index (κ1) is 19.0. The van der Waals surface area contributed by atoms with Gasteiger partial charge in [0.1, 0.15) is 5.82 Å². The molecule has 0 bridgehead atoms. The third-order valence-electron chi connectivity index (χ3n) is 4.79. The summed E-state index contributed by atoms with van der Waals surface area (Å²) in [7, 11) is 1.31. The Morgan fingerprint density at radius 2 is 1.93 bits per heavy atom. The summed E-state index contributed by atoms with van der Waals surface area (Å²) in [4.78, 5) is 26.8. The molecule has 3 rings (SSSR count). The smallest absolute Gasteiger partial charge is 0.339 e. The van der Waals surface area contributed by atoms with E-state index in [0.717, 1.165) is 24.9 Å². The van der Waals surface area contributed by atoms with E-state index in [1.165, 1.54) is 19.2 Å². The fraction of sp³-hybridized carbons (Fsp3) is 0.333. The molecule has 1 aliphatic heterocycles. The van der Waals surface area contributed by atoms with E-state index < -0.39 is 5.97 Å². The van der Waals surface area contributed by atoms with Crippen molar-refractivity contribution in [1.29, 1.82) is 0 Å². The third-order valence-corrected chi connectivity index (χ3v) is 4.79. The molecule has 0 unspecified atom stereocenters. The highest BCUT2D eigenvalue weighted by Crippen LogP contribution is 2.22. The van der Waals surface area contributed by atoms with Crippen LogP contribution in [0.25, 0.3) is 0 Å². The predicted molar refractivity (Wildman–Crippen MR) is 101 cm³/mol. The fourth-order valence-electron chi connectivity index (χ4n) is 3.38. The van der Waals surface area contributed by atoms with Gasteiger partial charge in [0.05, 0.1) is 24.3 Å². The number of carbonyl (C=O) groups excluding carboxylic acids is 2. The highest BCUT2D eigenvalue weighted by atomic mass is 19.1. The second-order valence-electron chi connectivity index (χ2n) is 6.73. The quantitative estimate of drug-likeness (QED) is 0.819. The first-order chi connectivity index (χ1) is 13.1. The number of rotatable bonds is 5. The zero-order valence-electron chi connectivity index (χ0n) is 15.3. The number of hydrogen-bond acceptors (Lipinski definition) is 4. The Bertz CT molecular complexity index is 807. The van der Waals surface area contributed by atoms with Crippen LogP contribution in [0.5, 0.6) is 0 Å². The van der Waals surface area contributed by atoms with Gasteiger partial charge >= 0.3 is 5.97 Å². The highest BCUT2D eigenvalue weighted by Gasteiger charge is 2.26. The molecule has 1 N–H and O–H groups in total. The molecule has 5 nitrogen and oxygen atoms in total. The Morgan fingerprint density at radius 3 is 2.67 bits per heavy atom. The van der Waals surface area contributed by atoms with Crippen LogP contribution in [0.1, 0.15) is 28.8 Å². The number of amides is 1. The van der Waals surface area contributed by atoms with E-state index in [1.807, 2.05) is 0 Å². The van der Waals surface area contributed by atoms with E-state index in [1.54, 1.807) is 36.4 Å². The van der Waals surface area contributed by atoms with Crippen molar-refractivity contribution in [2.75, 3.05) is 25.5 Å². The summed E-state index contributed by atoms with van der Waals surface area (Å²) in [5.74, 6) is -0.994. The third kappa shape index (κ3) is 4.92. The SMILES string of the molecule is COC(=O)c1ccccc1NC(=O)[C@H]1CCCN(Cc2ccc(F)cc2)C1. The molecule has 0 radical (unpaired) electrons. The number of likely N-dealkylation sites (tertiary alicyclic amines) is 1. The van der Waals surface area contributed by atoms with E-state index in [-0.39, 0.29) is 17.6 Å². The van der Waals surface area contributed by atoms with E-state index >= 15 is 0 Å². The van der Waals surface area contributed by atoms with Gasteiger partial charge in [-0.15, -0.1) is 0 Å². The molecule has 142 valence electrons. The number of nitrogens with one attached hydrogen (secondary N) is 1. The number of nitrogens with zero attached hydrogens (tertiary/aromatic N) is 1. The van der Waals surface area contributed by atoms with Crippen LogP contribution in [0, 0.1) is 11.7 Å². The molecule has 0 saturated carbocycles. The van der Waals surface area contributed by atoms with Crippen molar-refractivity contribution in [3.63, 3.8) is 0 Å². The van der Waals surface area contributed by atoms with Crippen molar-refractivity contribution < 1.29 is 18.7 Å². The molecule has 2 aromatic rings. The predicted octanol–water partition coefficient (Wildman–Crippen LogP) is 3.46. The van der Waals surface area contributed by atoms with Gasteiger partial charge in [0.25, 0.3) is 0 Å². The molecule has 1 heterocycles. The molecule has 1 amide bonds. The Labute approximate surface area is 158 Å². The molecule has 0 aromatic heterocycles.